The monoisotopic (exact) mass is 590 g/mol. The Kier molecular flexibility index (Phi) is 6.93. The molecule has 2 fully saturated rings. The molecule has 1 N–H and O–H groups in total. The van der Waals surface area contributed by atoms with E-state index in [0.717, 1.165) is 41.8 Å². The third-order valence-electron chi connectivity index (χ3n) is 10.5. The molecule has 0 aromatic heterocycles. The summed E-state index contributed by atoms with van der Waals surface area (Å²) < 4.78 is 13.3. The largest absolute Gasteiger partial charge is 0.504 e. The van der Waals surface area contributed by atoms with E-state index in [2.05, 4.69) is 41.0 Å². The van der Waals surface area contributed by atoms with Crippen LogP contribution in [0, 0.1) is 18.8 Å². The number of phenolic OH excluding ortho intramolecular Hbond substituents is 1. The molecule has 2 aliphatic carbocycles. The Morgan fingerprint density at radius 2 is 1.93 bits per heavy atom. The number of hydrogen-bond donors (Lipinski definition) is 1. The first kappa shape index (κ1) is 28.5. The van der Waals surface area contributed by atoms with Crippen LogP contribution in [0.25, 0.3) is 0 Å². The molecule has 1 spiro atoms. The molecule has 7 nitrogen and oxygen atoms in total. The number of amides is 1. The normalized spacial score (nSPS) is 27.8. The van der Waals surface area contributed by atoms with Crippen LogP contribution >= 0.6 is 0 Å². The Morgan fingerprint density at radius 1 is 1.11 bits per heavy atom. The average Bonchev–Trinajstić information content (AvgIpc) is 3.36. The second-order valence-corrected chi connectivity index (χ2v) is 12.8. The summed E-state index contributed by atoms with van der Waals surface area (Å²) in [6, 6.07) is 21.6. The van der Waals surface area contributed by atoms with Gasteiger partial charge in [-0.2, -0.15) is 0 Å². The van der Waals surface area contributed by atoms with Crippen molar-refractivity contribution in [1.82, 2.24) is 9.80 Å². The second-order valence-electron chi connectivity index (χ2n) is 12.8. The number of piperidine rings is 1. The molecular weight excluding hydrogens is 552 g/mol. The van der Waals surface area contributed by atoms with E-state index in [9.17, 15) is 14.7 Å². The van der Waals surface area contributed by atoms with Crippen LogP contribution in [0.3, 0.4) is 0 Å². The summed E-state index contributed by atoms with van der Waals surface area (Å²) in [7, 11) is 1.79. The average molecular weight is 591 g/mol. The number of carbonyl (C=O) groups is 2. The molecule has 2 heterocycles. The van der Waals surface area contributed by atoms with Gasteiger partial charge in [-0.15, -0.1) is 0 Å². The van der Waals surface area contributed by atoms with Crippen molar-refractivity contribution in [2.45, 2.75) is 75.2 Å². The van der Waals surface area contributed by atoms with Gasteiger partial charge in [0.2, 0.25) is 0 Å². The number of likely N-dealkylation sites (tertiary alicyclic amines) is 1. The molecule has 5 atom stereocenters. The Morgan fingerprint density at radius 3 is 2.70 bits per heavy atom. The number of hydrogen-bond acceptors (Lipinski definition) is 6. The van der Waals surface area contributed by atoms with Crippen LogP contribution in [0.15, 0.2) is 66.7 Å². The maximum Gasteiger partial charge on any atom is 0.303 e. The first-order chi connectivity index (χ1) is 21.2. The number of aryl methyl sites for hydroxylation is 1. The minimum absolute atomic E-state index is 0.0546. The van der Waals surface area contributed by atoms with E-state index in [-0.39, 0.29) is 29.7 Å². The quantitative estimate of drug-likeness (QED) is 0.347. The van der Waals surface area contributed by atoms with Gasteiger partial charge in [0, 0.05) is 37.6 Å². The highest BCUT2D eigenvalue weighted by molar-refractivity contribution is 5.94. The van der Waals surface area contributed by atoms with Gasteiger partial charge in [-0.05, 0) is 80.5 Å². The number of rotatable bonds is 5. The molecule has 1 saturated carbocycles. The van der Waals surface area contributed by atoms with Crippen LogP contribution < -0.4 is 4.74 Å². The predicted octanol–water partition coefficient (Wildman–Crippen LogP) is 4.55. The molecule has 44 heavy (non-hydrogen) atoms. The number of benzene rings is 3. The number of esters is 1. The van der Waals surface area contributed by atoms with Crippen molar-refractivity contribution >= 4 is 11.9 Å². The van der Waals surface area contributed by atoms with Gasteiger partial charge < -0.3 is 19.5 Å². The summed E-state index contributed by atoms with van der Waals surface area (Å²) >= 11 is 0. The minimum Gasteiger partial charge on any atom is -0.504 e. The molecule has 0 radical (unpaired) electrons. The Labute approximate surface area is 258 Å². The van der Waals surface area contributed by atoms with E-state index in [0.29, 0.717) is 31.4 Å². The molecular formula is C37H38N2O5. The summed E-state index contributed by atoms with van der Waals surface area (Å²) in [5.74, 6) is 5.83. The minimum atomic E-state index is -0.849. The van der Waals surface area contributed by atoms with E-state index in [1.54, 1.807) is 18.0 Å². The standard InChI is InChI=1S/C37H38N2O5/c1-24-8-7-11-27(22-24)12-15-32(42)38(3)29-16-18-37(44-25(2)40)31-23-28-13-14-30(41)34-33(28)36(37,35(29)43-34)19-21-39(31)20-17-26-9-5-4-6-10-26/h4-11,13-14,22,29,31,35,41H,16-21,23H2,1-3H3/t29-,31-,35+,36+,37-/m1/s1. The van der Waals surface area contributed by atoms with E-state index < -0.39 is 17.1 Å². The summed E-state index contributed by atoms with van der Waals surface area (Å²) in [5.41, 5.74) is 3.68. The molecule has 3 aromatic carbocycles. The molecule has 1 saturated heterocycles. The first-order valence-electron chi connectivity index (χ1n) is 15.6. The van der Waals surface area contributed by atoms with Crippen molar-refractivity contribution in [3.63, 3.8) is 0 Å². The third-order valence-corrected chi connectivity index (χ3v) is 10.5. The van der Waals surface area contributed by atoms with Gasteiger partial charge in [0.05, 0.1) is 17.5 Å². The second kappa shape index (κ2) is 10.7. The van der Waals surface area contributed by atoms with Crippen LogP contribution in [0.2, 0.25) is 0 Å². The molecule has 1 amide bonds. The zero-order chi connectivity index (χ0) is 30.6. The Bertz CT molecular complexity index is 1690. The topological polar surface area (TPSA) is 79.3 Å². The fourth-order valence-electron chi connectivity index (χ4n) is 8.71. The van der Waals surface area contributed by atoms with E-state index in [1.807, 2.05) is 43.3 Å². The molecule has 226 valence electrons. The maximum atomic E-state index is 13.5. The van der Waals surface area contributed by atoms with Crippen molar-refractivity contribution in [2.75, 3.05) is 20.1 Å². The zero-order valence-corrected chi connectivity index (χ0v) is 25.5. The van der Waals surface area contributed by atoms with Gasteiger partial charge >= 0.3 is 5.97 Å². The Balaban J connectivity index is 1.28. The zero-order valence-electron chi connectivity index (χ0n) is 25.5. The lowest BCUT2D eigenvalue weighted by molar-refractivity contribution is -0.223. The van der Waals surface area contributed by atoms with E-state index >= 15 is 0 Å². The number of phenols is 1. The van der Waals surface area contributed by atoms with Gasteiger partial charge in [0.15, 0.2) is 11.5 Å². The van der Waals surface area contributed by atoms with Gasteiger partial charge in [0.25, 0.3) is 5.91 Å². The number of ether oxygens (including phenoxy) is 2. The molecule has 2 bridgehead atoms. The van der Waals surface area contributed by atoms with Gasteiger partial charge in [-0.25, -0.2) is 0 Å². The van der Waals surface area contributed by atoms with Crippen LogP contribution in [0.4, 0.5) is 0 Å². The van der Waals surface area contributed by atoms with Crippen LogP contribution in [0.5, 0.6) is 11.5 Å². The summed E-state index contributed by atoms with van der Waals surface area (Å²) in [6.07, 6.45) is 2.96. The third kappa shape index (κ3) is 4.30. The highest BCUT2D eigenvalue weighted by Crippen LogP contribution is 2.67. The summed E-state index contributed by atoms with van der Waals surface area (Å²) in [4.78, 5) is 30.7. The number of nitrogens with zero attached hydrogens (tertiary/aromatic N) is 2. The molecule has 2 aliphatic heterocycles. The van der Waals surface area contributed by atoms with Gasteiger partial charge in [-0.1, -0.05) is 54.5 Å². The molecule has 7 rings (SSSR count). The number of aromatic hydroxyl groups is 1. The maximum absolute atomic E-state index is 13.5. The van der Waals surface area contributed by atoms with Crippen molar-refractivity contribution in [2.24, 2.45) is 0 Å². The SMILES string of the molecule is CC(=O)O[C@@]12CC[C@@H](N(C)C(=O)C#Cc3cccc(C)c3)[C@@H]3Oc4c(O)ccc5c4[C@@]31CCN(CCc1ccccc1)[C@@H]2C5. The molecule has 4 aliphatic rings. The lowest BCUT2D eigenvalue weighted by Crippen LogP contribution is -2.79. The summed E-state index contributed by atoms with van der Waals surface area (Å²) in [5, 5.41) is 11.1. The highest BCUT2D eigenvalue weighted by Gasteiger charge is 2.75. The predicted molar refractivity (Wildman–Crippen MR) is 166 cm³/mol. The van der Waals surface area contributed by atoms with Gasteiger partial charge in [-0.3, -0.25) is 14.5 Å². The smallest absolute Gasteiger partial charge is 0.303 e. The van der Waals surface area contributed by atoms with Gasteiger partial charge in [0.1, 0.15) is 11.7 Å². The van der Waals surface area contributed by atoms with Crippen molar-refractivity contribution < 1.29 is 24.2 Å². The van der Waals surface area contributed by atoms with Crippen molar-refractivity contribution in [3.05, 3.63) is 94.5 Å². The fraction of sp³-hybridized carbons (Fsp3) is 0.405. The first-order valence-corrected chi connectivity index (χ1v) is 15.6. The van der Waals surface area contributed by atoms with Crippen molar-refractivity contribution in [3.8, 4) is 23.3 Å². The van der Waals surface area contributed by atoms with Crippen LogP contribution in [-0.4, -0.2) is 70.7 Å². The lowest BCUT2D eigenvalue weighted by atomic mass is 9.48. The molecule has 7 heteroatoms. The fourth-order valence-corrected chi connectivity index (χ4v) is 8.71. The number of carbonyl (C=O) groups excluding carboxylic acids is 2. The highest BCUT2D eigenvalue weighted by atomic mass is 16.6. The van der Waals surface area contributed by atoms with E-state index in [4.69, 9.17) is 9.47 Å². The van der Waals surface area contributed by atoms with E-state index in [1.165, 1.54) is 12.5 Å². The van der Waals surface area contributed by atoms with Crippen LogP contribution in [-0.2, 0) is 32.6 Å². The van der Waals surface area contributed by atoms with Crippen molar-refractivity contribution in [1.29, 1.82) is 0 Å². The lowest BCUT2D eigenvalue weighted by Gasteiger charge is -2.65. The summed E-state index contributed by atoms with van der Waals surface area (Å²) in [6.45, 7) is 5.13. The van der Waals surface area contributed by atoms with Crippen LogP contribution in [0.1, 0.15) is 54.0 Å². The molecule has 0 unspecified atom stereocenters. The Hall–Kier alpha value is -4.28. The number of likely N-dealkylation sites (N-methyl/N-ethyl adjacent to an activating group) is 1. The molecule has 3 aromatic rings.